The van der Waals surface area contributed by atoms with Gasteiger partial charge >= 0.3 is 0 Å². The van der Waals surface area contributed by atoms with Gasteiger partial charge in [-0.3, -0.25) is 9.59 Å². The molecule has 7 nitrogen and oxygen atoms in total. The lowest BCUT2D eigenvalue weighted by atomic mass is 10.0. The minimum Gasteiger partial charge on any atom is -0.496 e. The zero-order chi connectivity index (χ0) is 24.2. The average molecular weight is 470 g/mol. The van der Waals surface area contributed by atoms with Gasteiger partial charge in [0.2, 0.25) is 5.91 Å². The molecular formula is C28H27N3O4. The topological polar surface area (TPSA) is 84.7 Å². The van der Waals surface area contributed by atoms with Crippen LogP contribution in [0.15, 0.2) is 77.3 Å². The summed E-state index contributed by atoms with van der Waals surface area (Å²) in [4.78, 5) is 27.7. The van der Waals surface area contributed by atoms with E-state index >= 15 is 0 Å². The van der Waals surface area contributed by atoms with Crippen molar-refractivity contribution >= 4 is 22.7 Å². The molecule has 35 heavy (non-hydrogen) atoms. The maximum absolute atomic E-state index is 13.0. The van der Waals surface area contributed by atoms with Crippen molar-refractivity contribution in [3.8, 4) is 17.1 Å². The molecule has 1 aliphatic rings. The molecule has 1 aliphatic heterocycles. The summed E-state index contributed by atoms with van der Waals surface area (Å²) in [6.45, 7) is 1.23. The summed E-state index contributed by atoms with van der Waals surface area (Å²) in [5, 5.41) is 8.06. The number of ether oxygens (including phenoxy) is 1. The Kier molecular flexibility index (Phi) is 6.48. The Bertz CT molecular complexity index is 1340. The number of para-hydroxylation sites is 1. The molecule has 1 saturated heterocycles. The second-order valence-corrected chi connectivity index (χ2v) is 8.73. The number of hydrogen-bond acceptors (Lipinski definition) is 5. The molecule has 0 radical (unpaired) electrons. The molecule has 0 bridgehead atoms. The number of nitrogens with one attached hydrogen (secondary N) is 1. The Morgan fingerprint density at radius 1 is 1.03 bits per heavy atom. The zero-order valence-electron chi connectivity index (χ0n) is 19.6. The number of methoxy groups -OCH3 is 1. The van der Waals surface area contributed by atoms with E-state index in [2.05, 4.69) is 10.5 Å². The first-order chi connectivity index (χ1) is 17.1. The SMILES string of the molecule is COc1ccccc1CC(=O)N1CCC(NC(=O)c2ccc3noc(-c4ccccc4)c3c2)CC1. The third-order valence-electron chi connectivity index (χ3n) is 6.49. The van der Waals surface area contributed by atoms with Gasteiger partial charge in [0.1, 0.15) is 11.3 Å². The fraction of sp³-hybridized carbons (Fsp3) is 0.250. The number of hydrogen-bond donors (Lipinski definition) is 1. The highest BCUT2D eigenvalue weighted by Crippen LogP contribution is 2.29. The molecule has 0 atom stereocenters. The van der Waals surface area contributed by atoms with E-state index < -0.39 is 0 Å². The Balaban J connectivity index is 1.20. The highest BCUT2D eigenvalue weighted by molar-refractivity contribution is 6.01. The molecule has 0 saturated carbocycles. The molecule has 5 rings (SSSR count). The number of rotatable bonds is 6. The van der Waals surface area contributed by atoms with Crippen LogP contribution < -0.4 is 10.1 Å². The summed E-state index contributed by atoms with van der Waals surface area (Å²) >= 11 is 0. The van der Waals surface area contributed by atoms with E-state index in [0.717, 1.165) is 22.3 Å². The Labute approximate surface area is 203 Å². The lowest BCUT2D eigenvalue weighted by Crippen LogP contribution is -2.47. The van der Waals surface area contributed by atoms with Gasteiger partial charge in [0, 0.05) is 35.8 Å². The molecule has 1 fully saturated rings. The number of piperidine rings is 1. The highest BCUT2D eigenvalue weighted by atomic mass is 16.5. The number of aromatic nitrogens is 1. The molecule has 0 aliphatic carbocycles. The Morgan fingerprint density at radius 3 is 2.54 bits per heavy atom. The van der Waals surface area contributed by atoms with Crippen LogP contribution in [0.3, 0.4) is 0 Å². The number of likely N-dealkylation sites (tertiary alicyclic amines) is 1. The second kappa shape index (κ2) is 10.0. The predicted molar refractivity (Wildman–Crippen MR) is 133 cm³/mol. The quantitative estimate of drug-likeness (QED) is 0.451. The van der Waals surface area contributed by atoms with Crippen LogP contribution in [0.2, 0.25) is 0 Å². The van der Waals surface area contributed by atoms with Crippen LogP contribution in [0, 0.1) is 0 Å². The lowest BCUT2D eigenvalue weighted by molar-refractivity contribution is -0.131. The van der Waals surface area contributed by atoms with Gasteiger partial charge in [0.15, 0.2) is 5.76 Å². The third kappa shape index (κ3) is 4.89. The van der Waals surface area contributed by atoms with E-state index in [-0.39, 0.29) is 17.9 Å². The van der Waals surface area contributed by atoms with Crippen molar-refractivity contribution in [2.45, 2.75) is 25.3 Å². The molecule has 1 aromatic heterocycles. The highest BCUT2D eigenvalue weighted by Gasteiger charge is 2.25. The molecule has 178 valence electrons. The standard InChI is InChI=1S/C28H27N3O4/c1-34-25-10-6-5-9-20(25)18-26(32)31-15-13-22(14-16-31)29-28(33)21-11-12-24-23(17-21)27(35-30-24)19-7-3-2-4-8-19/h2-12,17,22H,13-16,18H2,1H3,(H,29,33). The fourth-order valence-electron chi connectivity index (χ4n) is 4.55. The number of benzene rings is 3. The molecule has 4 aromatic rings. The van der Waals surface area contributed by atoms with Crippen LogP contribution in [-0.4, -0.2) is 48.1 Å². The maximum atomic E-state index is 13.0. The van der Waals surface area contributed by atoms with Crippen molar-refractivity contribution in [2.75, 3.05) is 20.2 Å². The van der Waals surface area contributed by atoms with E-state index in [1.165, 1.54) is 0 Å². The summed E-state index contributed by atoms with van der Waals surface area (Å²) in [5.74, 6) is 1.32. The number of amides is 2. The van der Waals surface area contributed by atoms with Gasteiger partial charge in [-0.05, 0) is 37.1 Å². The van der Waals surface area contributed by atoms with Crippen LogP contribution in [0.4, 0.5) is 0 Å². The molecule has 7 heteroatoms. The summed E-state index contributed by atoms with van der Waals surface area (Å²) < 4.78 is 10.9. The van der Waals surface area contributed by atoms with Gasteiger partial charge in [-0.15, -0.1) is 0 Å². The molecule has 2 amide bonds. The summed E-state index contributed by atoms with van der Waals surface area (Å²) in [6.07, 6.45) is 1.74. The summed E-state index contributed by atoms with van der Waals surface area (Å²) in [5.41, 5.74) is 3.07. The molecular weight excluding hydrogens is 442 g/mol. The second-order valence-electron chi connectivity index (χ2n) is 8.73. The lowest BCUT2D eigenvalue weighted by Gasteiger charge is -2.32. The van der Waals surface area contributed by atoms with Crippen molar-refractivity contribution in [2.24, 2.45) is 0 Å². The van der Waals surface area contributed by atoms with Crippen LogP contribution in [0.5, 0.6) is 5.75 Å². The normalized spacial score (nSPS) is 14.1. The van der Waals surface area contributed by atoms with E-state index in [4.69, 9.17) is 9.26 Å². The average Bonchev–Trinajstić information content (AvgIpc) is 3.33. The first-order valence-corrected chi connectivity index (χ1v) is 11.8. The van der Waals surface area contributed by atoms with E-state index in [1.807, 2.05) is 65.6 Å². The number of carbonyl (C=O) groups excluding carboxylic acids is 2. The minimum atomic E-state index is -0.133. The van der Waals surface area contributed by atoms with Gasteiger partial charge < -0.3 is 19.5 Å². The number of carbonyl (C=O) groups is 2. The minimum absolute atomic E-state index is 0.0181. The first kappa shape index (κ1) is 22.7. The third-order valence-corrected chi connectivity index (χ3v) is 6.49. The molecule has 3 aromatic carbocycles. The molecule has 0 unspecified atom stereocenters. The van der Waals surface area contributed by atoms with Crippen LogP contribution in [0.25, 0.3) is 22.2 Å². The summed E-state index contributed by atoms with van der Waals surface area (Å²) in [7, 11) is 1.61. The fourth-order valence-corrected chi connectivity index (χ4v) is 4.55. The van der Waals surface area contributed by atoms with Gasteiger partial charge in [-0.25, -0.2) is 0 Å². The van der Waals surface area contributed by atoms with E-state index in [9.17, 15) is 9.59 Å². The van der Waals surface area contributed by atoms with E-state index in [0.29, 0.717) is 49.2 Å². The first-order valence-electron chi connectivity index (χ1n) is 11.8. The largest absolute Gasteiger partial charge is 0.496 e. The van der Waals surface area contributed by atoms with Crippen LogP contribution in [0.1, 0.15) is 28.8 Å². The Morgan fingerprint density at radius 2 is 1.77 bits per heavy atom. The van der Waals surface area contributed by atoms with Gasteiger partial charge in [-0.2, -0.15) is 0 Å². The van der Waals surface area contributed by atoms with Crippen molar-refractivity contribution < 1.29 is 18.8 Å². The van der Waals surface area contributed by atoms with Gasteiger partial charge in [0.05, 0.1) is 18.9 Å². The number of fused-ring (bicyclic) bond motifs is 1. The van der Waals surface area contributed by atoms with Crippen molar-refractivity contribution in [1.29, 1.82) is 0 Å². The predicted octanol–water partition coefficient (Wildman–Crippen LogP) is 4.47. The molecule has 1 N–H and O–H groups in total. The van der Waals surface area contributed by atoms with Crippen molar-refractivity contribution in [3.63, 3.8) is 0 Å². The molecule has 0 spiro atoms. The maximum Gasteiger partial charge on any atom is 0.251 e. The summed E-state index contributed by atoms with van der Waals surface area (Å²) in [6, 6.07) is 22.7. The monoisotopic (exact) mass is 469 g/mol. The smallest absolute Gasteiger partial charge is 0.251 e. The van der Waals surface area contributed by atoms with Crippen molar-refractivity contribution in [1.82, 2.24) is 15.4 Å². The van der Waals surface area contributed by atoms with Crippen LogP contribution in [-0.2, 0) is 11.2 Å². The van der Waals surface area contributed by atoms with Crippen LogP contribution >= 0.6 is 0 Å². The van der Waals surface area contributed by atoms with E-state index in [1.54, 1.807) is 19.2 Å². The Hall–Kier alpha value is -4.13. The zero-order valence-corrected chi connectivity index (χ0v) is 19.6. The van der Waals surface area contributed by atoms with Crippen molar-refractivity contribution in [3.05, 3.63) is 83.9 Å². The number of nitrogens with zero attached hydrogens (tertiary/aromatic N) is 2. The van der Waals surface area contributed by atoms with Gasteiger partial charge in [-0.1, -0.05) is 53.7 Å². The molecule has 2 heterocycles. The van der Waals surface area contributed by atoms with Gasteiger partial charge in [0.25, 0.3) is 5.91 Å².